The molecule has 25 heavy (non-hydrogen) atoms. The first kappa shape index (κ1) is 18.2. The first-order chi connectivity index (χ1) is 12.1. The second-order valence-corrected chi connectivity index (χ2v) is 5.26. The SMILES string of the molecule is O=C(NCCC#Cc1ncc(Cl)cc1[N+](=O)[O-])OCc1ccccc1. The van der Waals surface area contributed by atoms with Gasteiger partial charge in [-0.3, -0.25) is 10.1 Å². The van der Waals surface area contributed by atoms with E-state index < -0.39 is 11.0 Å². The minimum Gasteiger partial charge on any atom is -0.445 e. The summed E-state index contributed by atoms with van der Waals surface area (Å²) >= 11 is 5.68. The van der Waals surface area contributed by atoms with E-state index in [0.29, 0.717) is 6.42 Å². The third-order valence-electron chi connectivity index (χ3n) is 2.97. The van der Waals surface area contributed by atoms with Crippen LogP contribution in [0.1, 0.15) is 17.7 Å². The quantitative estimate of drug-likeness (QED) is 0.382. The molecule has 0 radical (unpaired) electrons. The van der Waals surface area contributed by atoms with Crippen molar-refractivity contribution in [3.05, 3.63) is 69.0 Å². The molecule has 0 unspecified atom stereocenters. The Morgan fingerprint density at radius 1 is 1.36 bits per heavy atom. The van der Waals surface area contributed by atoms with Gasteiger partial charge >= 0.3 is 11.8 Å². The van der Waals surface area contributed by atoms with E-state index in [1.807, 2.05) is 30.3 Å². The molecule has 1 amide bonds. The van der Waals surface area contributed by atoms with E-state index in [0.717, 1.165) is 5.56 Å². The van der Waals surface area contributed by atoms with Crippen LogP contribution >= 0.6 is 11.6 Å². The molecule has 0 fully saturated rings. The maximum atomic E-state index is 11.5. The zero-order valence-corrected chi connectivity index (χ0v) is 13.8. The summed E-state index contributed by atoms with van der Waals surface area (Å²) in [4.78, 5) is 25.7. The van der Waals surface area contributed by atoms with Crippen LogP contribution in [0.3, 0.4) is 0 Å². The van der Waals surface area contributed by atoms with Gasteiger partial charge in [-0.15, -0.1) is 0 Å². The summed E-state index contributed by atoms with van der Waals surface area (Å²) in [5.74, 6) is 5.32. The highest BCUT2D eigenvalue weighted by molar-refractivity contribution is 6.30. The van der Waals surface area contributed by atoms with Crippen LogP contribution in [0.2, 0.25) is 5.02 Å². The number of rotatable bonds is 5. The van der Waals surface area contributed by atoms with Crippen LogP contribution in [0, 0.1) is 22.0 Å². The molecule has 128 valence electrons. The van der Waals surface area contributed by atoms with Crippen LogP contribution < -0.4 is 5.32 Å². The van der Waals surface area contributed by atoms with Crippen molar-refractivity contribution in [2.75, 3.05) is 6.54 Å². The van der Waals surface area contributed by atoms with Crippen LogP contribution in [-0.2, 0) is 11.3 Å². The fourth-order valence-corrected chi connectivity index (χ4v) is 1.96. The maximum absolute atomic E-state index is 11.5. The Morgan fingerprint density at radius 3 is 2.84 bits per heavy atom. The van der Waals surface area contributed by atoms with Crippen LogP contribution in [0.4, 0.5) is 10.5 Å². The van der Waals surface area contributed by atoms with E-state index in [9.17, 15) is 14.9 Å². The molecular weight excluding hydrogens is 346 g/mol. The fourth-order valence-electron chi connectivity index (χ4n) is 1.81. The number of aromatic nitrogens is 1. The second kappa shape index (κ2) is 9.25. The van der Waals surface area contributed by atoms with Gasteiger partial charge in [-0.1, -0.05) is 47.9 Å². The smallest absolute Gasteiger partial charge is 0.407 e. The first-order valence-corrected chi connectivity index (χ1v) is 7.67. The summed E-state index contributed by atoms with van der Waals surface area (Å²) in [7, 11) is 0. The molecule has 2 aromatic rings. The highest BCUT2D eigenvalue weighted by Crippen LogP contribution is 2.19. The van der Waals surface area contributed by atoms with Gasteiger partial charge in [0.15, 0.2) is 5.69 Å². The molecule has 8 heteroatoms. The fraction of sp³-hybridized carbons (Fsp3) is 0.176. The third kappa shape index (κ3) is 6.12. The molecule has 0 saturated heterocycles. The minimum absolute atomic E-state index is 0.0288. The number of nitro groups is 1. The average molecular weight is 360 g/mol. The van der Waals surface area contributed by atoms with E-state index >= 15 is 0 Å². The molecule has 1 aromatic heterocycles. The summed E-state index contributed by atoms with van der Waals surface area (Å²) in [5, 5.41) is 13.6. The monoisotopic (exact) mass is 359 g/mol. The molecule has 1 aromatic carbocycles. The Kier molecular flexibility index (Phi) is 6.75. The number of halogens is 1. The number of benzene rings is 1. The van der Waals surface area contributed by atoms with Crippen molar-refractivity contribution in [1.82, 2.24) is 10.3 Å². The minimum atomic E-state index is -0.595. The molecule has 0 aliphatic heterocycles. The summed E-state index contributed by atoms with van der Waals surface area (Å²) < 4.78 is 5.04. The Bertz CT molecular complexity index is 816. The summed E-state index contributed by atoms with van der Waals surface area (Å²) in [6, 6.07) is 10.5. The van der Waals surface area contributed by atoms with E-state index in [-0.39, 0.29) is 29.6 Å². The predicted octanol–water partition coefficient (Wildman–Crippen LogP) is 3.31. The van der Waals surface area contributed by atoms with Crippen molar-refractivity contribution >= 4 is 23.4 Å². The normalized spacial score (nSPS) is 9.64. The average Bonchev–Trinajstić information content (AvgIpc) is 2.61. The Labute approximate surface area is 149 Å². The number of alkyl carbamates (subject to hydrolysis) is 1. The van der Waals surface area contributed by atoms with E-state index in [1.165, 1.54) is 12.3 Å². The van der Waals surface area contributed by atoms with Gasteiger partial charge in [-0.25, -0.2) is 9.78 Å². The third-order valence-corrected chi connectivity index (χ3v) is 3.18. The largest absolute Gasteiger partial charge is 0.445 e. The number of carbonyl (C=O) groups excluding carboxylic acids is 1. The van der Waals surface area contributed by atoms with Gasteiger partial charge in [-0.2, -0.15) is 0 Å². The van der Waals surface area contributed by atoms with Gasteiger partial charge in [0.25, 0.3) is 0 Å². The summed E-state index contributed by atoms with van der Waals surface area (Å²) in [6.45, 7) is 0.432. The van der Waals surface area contributed by atoms with Gasteiger partial charge < -0.3 is 10.1 Å². The van der Waals surface area contributed by atoms with Crippen molar-refractivity contribution in [1.29, 1.82) is 0 Å². The van der Waals surface area contributed by atoms with Crippen molar-refractivity contribution in [2.45, 2.75) is 13.0 Å². The molecule has 0 aliphatic carbocycles. The summed E-state index contributed by atoms with van der Waals surface area (Å²) in [6.07, 6.45) is 1.03. The van der Waals surface area contributed by atoms with Crippen molar-refractivity contribution in [2.24, 2.45) is 0 Å². The standard InChI is InChI=1S/C17H14ClN3O4/c18-14-10-16(21(23)24)15(20-11-14)8-4-5-9-19-17(22)25-12-13-6-2-1-3-7-13/h1-3,6-7,10-11H,5,9,12H2,(H,19,22). The zero-order chi connectivity index (χ0) is 18.1. The number of ether oxygens (including phenoxy) is 1. The molecule has 0 aliphatic rings. The zero-order valence-electron chi connectivity index (χ0n) is 13.1. The second-order valence-electron chi connectivity index (χ2n) is 4.82. The molecule has 0 bridgehead atoms. The Morgan fingerprint density at radius 2 is 2.12 bits per heavy atom. The number of amides is 1. The Balaban J connectivity index is 1.77. The number of hydrogen-bond donors (Lipinski definition) is 1. The molecule has 0 atom stereocenters. The maximum Gasteiger partial charge on any atom is 0.407 e. The highest BCUT2D eigenvalue weighted by atomic mass is 35.5. The van der Waals surface area contributed by atoms with Gasteiger partial charge in [0, 0.05) is 25.2 Å². The van der Waals surface area contributed by atoms with Gasteiger partial charge in [-0.05, 0) is 11.5 Å². The lowest BCUT2D eigenvalue weighted by Crippen LogP contribution is -2.24. The van der Waals surface area contributed by atoms with Crippen molar-refractivity contribution in [3.8, 4) is 11.8 Å². The molecule has 7 nitrogen and oxygen atoms in total. The number of nitrogens with one attached hydrogen (secondary N) is 1. The lowest BCUT2D eigenvalue weighted by atomic mass is 10.2. The van der Waals surface area contributed by atoms with Crippen LogP contribution in [0.15, 0.2) is 42.6 Å². The van der Waals surface area contributed by atoms with Gasteiger partial charge in [0.05, 0.1) is 9.95 Å². The van der Waals surface area contributed by atoms with E-state index in [4.69, 9.17) is 16.3 Å². The molecule has 2 rings (SSSR count). The lowest BCUT2D eigenvalue weighted by Gasteiger charge is -2.05. The Hall–Kier alpha value is -3.11. The van der Waals surface area contributed by atoms with Crippen LogP contribution in [0.25, 0.3) is 0 Å². The lowest BCUT2D eigenvalue weighted by molar-refractivity contribution is -0.385. The first-order valence-electron chi connectivity index (χ1n) is 7.29. The number of pyridine rings is 1. The summed E-state index contributed by atoms with van der Waals surface area (Å²) in [5.41, 5.74) is 0.662. The van der Waals surface area contributed by atoms with E-state index in [2.05, 4.69) is 22.1 Å². The predicted molar refractivity (Wildman–Crippen MR) is 92.0 cm³/mol. The number of carbonyl (C=O) groups is 1. The molecule has 0 saturated carbocycles. The number of hydrogen-bond acceptors (Lipinski definition) is 5. The van der Waals surface area contributed by atoms with Crippen LogP contribution in [0.5, 0.6) is 0 Å². The van der Waals surface area contributed by atoms with Crippen molar-refractivity contribution < 1.29 is 14.5 Å². The van der Waals surface area contributed by atoms with Crippen molar-refractivity contribution in [3.63, 3.8) is 0 Å². The molecular formula is C17H14ClN3O4. The molecule has 1 N–H and O–H groups in total. The van der Waals surface area contributed by atoms with E-state index in [1.54, 1.807) is 0 Å². The number of nitrogens with zero attached hydrogens (tertiary/aromatic N) is 2. The highest BCUT2D eigenvalue weighted by Gasteiger charge is 2.13. The van der Waals surface area contributed by atoms with Crippen LogP contribution in [-0.4, -0.2) is 22.5 Å². The molecule has 1 heterocycles. The van der Waals surface area contributed by atoms with Gasteiger partial charge in [0.2, 0.25) is 0 Å². The topological polar surface area (TPSA) is 94.4 Å². The molecule has 0 spiro atoms. The van der Waals surface area contributed by atoms with Gasteiger partial charge in [0.1, 0.15) is 6.61 Å².